The molecule has 1 fully saturated rings. The Kier molecular flexibility index (Phi) is 7.94. The molecule has 1 amide bonds. The second-order valence-electron chi connectivity index (χ2n) is 11.5. The van der Waals surface area contributed by atoms with Crippen LogP contribution in [0.25, 0.3) is 0 Å². The lowest BCUT2D eigenvalue weighted by atomic mass is 9.77. The number of amides is 1. The molecule has 1 aromatic heterocycles. The summed E-state index contributed by atoms with van der Waals surface area (Å²) in [6, 6.07) is 1.90. The van der Waals surface area contributed by atoms with Crippen molar-refractivity contribution in [1.82, 2.24) is 15.3 Å². The number of nitrogens with one attached hydrogen (secondary N) is 2. The zero-order valence-electron chi connectivity index (χ0n) is 22.6. The summed E-state index contributed by atoms with van der Waals surface area (Å²) in [5, 5.41) is 21.8. The van der Waals surface area contributed by atoms with Crippen molar-refractivity contribution in [3.63, 3.8) is 0 Å². The number of nitriles is 1. The monoisotopic (exact) mass is 507 g/mol. The highest BCUT2D eigenvalue weighted by molar-refractivity contribution is 5.98. The van der Waals surface area contributed by atoms with Crippen molar-refractivity contribution >= 4 is 17.6 Å². The molecule has 0 radical (unpaired) electrons. The van der Waals surface area contributed by atoms with E-state index in [1.54, 1.807) is 19.9 Å². The van der Waals surface area contributed by atoms with Gasteiger partial charge >= 0.3 is 5.97 Å². The van der Waals surface area contributed by atoms with Crippen LogP contribution in [0.2, 0.25) is 0 Å². The summed E-state index contributed by atoms with van der Waals surface area (Å²) in [6.07, 6.45) is 8.66. The first-order valence-corrected chi connectivity index (χ1v) is 12.5. The number of carboxylic acids is 1. The fraction of sp³-hybridized carbons (Fsp3) is 0.536. The fourth-order valence-electron chi connectivity index (χ4n) is 5.07. The van der Waals surface area contributed by atoms with E-state index in [0.717, 1.165) is 24.8 Å². The van der Waals surface area contributed by atoms with Crippen LogP contribution in [0, 0.1) is 22.7 Å². The summed E-state index contributed by atoms with van der Waals surface area (Å²) >= 11 is 0. The number of nitrogens with zero attached hydrogens (tertiary/aromatic N) is 3. The number of carbonyl (C=O) groups excluding carboxylic acids is 1. The minimum Gasteiger partial charge on any atom is -0.479 e. The molecule has 2 heterocycles. The number of aromatic amines is 1. The van der Waals surface area contributed by atoms with Crippen LogP contribution in [0.4, 0.5) is 0 Å². The second-order valence-corrected chi connectivity index (χ2v) is 11.5. The van der Waals surface area contributed by atoms with Crippen LogP contribution in [0.3, 0.4) is 0 Å². The number of aliphatic imine (C=N–C) groups is 1. The zero-order chi connectivity index (χ0) is 27.6. The zero-order valence-corrected chi connectivity index (χ0v) is 22.6. The molecule has 2 aliphatic rings. The van der Waals surface area contributed by atoms with E-state index in [2.05, 4.69) is 41.8 Å². The Labute approximate surface area is 218 Å². The molecule has 2 atom stereocenters. The highest BCUT2D eigenvalue weighted by atomic mass is 16.5. The molecule has 2 unspecified atom stereocenters. The molecule has 198 valence electrons. The minimum absolute atomic E-state index is 0.0327. The van der Waals surface area contributed by atoms with Crippen LogP contribution >= 0.6 is 0 Å². The lowest BCUT2D eigenvalue weighted by molar-refractivity contribution is -0.201. The topological polar surface area (TPSA) is 140 Å². The first-order chi connectivity index (χ1) is 17.2. The molecule has 0 bridgehead atoms. The minimum atomic E-state index is -1.35. The van der Waals surface area contributed by atoms with Crippen molar-refractivity contribution in [2.24, 2.45) is 16.3 Å². The second kappa shape index (κ2) is 10.5. The van der Waals surface area contributed by atoms with Gasteiger partial charge in [-0.1, -0.05) is 26.5 Å². The normalized spacial score (nSPS) is 25.8. The molecule has 9 heteroatoms. The number of hydrogen-bond acceptors (Lipinski definition) is 6. The van der Waals surface area contributed by atoms with Gasteiger partial charge in [-0.05, 0) is 76.9 Å². The third-order valence-electron chi connectivity index (χ3n) is 7.04. The molecule has 1 aromatic rings. The largest absolute Gasteiger partial charge is 0.479 e. The van der Waals surface area contributed by atoms with Gasteiger partial charge in [0.2, 0.25) is 0 Å². The SMILES string of the molecule is C=C/C(=N\C(C1=CCC(C)(C)CC1)=C(/C)NC(=O)c1nc(C#N)c[nH]1)C1CC(C)(C)OC(C)(C(=O)O)C1. The van der Waals surface area contributed by atoms with Gasteiger partial charge in [0.15, 0.2) is 17.1 Å². The Morgan fingerprint density at radius 2 is 2.03 bits per heavy atom. The highest BCUT2D eigenvalue weighted by Gasteiger charge is 2.48. The van der Waals surface area contributed by atoms with E-state index < -0.39 is 23.1 Å². The molecule has 1 saturated heterocycles. The lowest BCUT2D eigenvalue weighted by Gasteiger charge is -2.44. The smallest absolute Gasteiger partial charge is 0.335 e. The standard InChI is InChI=1S/C28H37N5O4/c1-8-21(19-13-27(5,6)37-28(7,14-19)25(35)36)33-22(18-9-11-26(3,4)12-10-18)17(2)31-24(34)23-30-16-20(15-29)32-23/h8-9,16,19H,1,10-14H2,2-7H3,(H,30,32)(H,31,34)(H,35,36)/b22-17+,33-21+. The fourth-order valence-corrected chi connectivity index (χ4v) is 5.07. The Bertz CT molecular complexity index is 1230. The summed E-state index contributed by atoms with van der Waals surface area (Å²) in [5.41, 5.74) is 1.12. The van der Waals surface area contributed by atoms with Crippen molar-refractivity contribution in [2.45, 2.75) is 84.8 Å². The summed E-state index contributed by atoms with van der Waals surface area (Å²) in [5.74, 6) is -1.66. The quantitative estimate of drug-likeness (QED) is 0.441. The van der Waals surface area contributed by atoms with Crippen LogP contribution in [-0.4, -0.2) is 43.9 Å². The maximum absolute atomic E-state index is 12.9. The molecule has 37 heavy (non-hydrogen) atoms. The van der Waals surface area contributed by atoms with Crippen LogP contribution in [0.1, 0.15) is 90.0 Å². The molecule has 3 N–H and O–H groups in total. The number of carboxylic acid groups (broad SMARTS) is 1. The number of hydrogen-bond donors (Lipinski definition) is 3. The van der Waals surface area contributed by atoms with E-state index in [9.17, 15) is 14.7 Å². The molecule has 3 rings (SSSR count). The summed E-state index contributed by atoms with van der Waals surface area (Å²) in [6.45, 7) is 15.6. The van der Waals surface area contributed by atoms with Crippen molar-refractivity contribution in [3.8, 4) is 6.07 Å². The van der Waals surface area contributed by atoms with Crippen molar-refractivity contribution in [1.29, 1.82) is 5.26 Å². The van der Waals surface area contributed by atoms with Crippen LogP contribution in [0.5, 0.6) is 0 Å². The predicted molar refractivity (Wildman–Crippen MR) is 141 cm³/mol. The Hall–Kier alpha value is -3.51. The molecule has 1 aliphatic carbocycles. The Morgan fingerprint density at radius 1 is 1.32 bits per heavy atom. The van der Waals surface area contributed by atoms with Gasteiger partial charge in [0.25, 0.3) is 5.91 Å². The van der Waals surface area contributed by atoms with Crippen LogP contribution < -0.4 is 5.32 Å². The van der Waals surface area contributed by atoms with Crippen LogP contribution in [0.15, 0.2) is 46.9 Å². The van der Waals surface area contributed by atoms with Gasteiger partial charge in [0.1, 0.15) is 6.07 Å². The molecule has 0 saturated carbocycles. The van der Waals surface area contributed by atoms with E-state index in [1.807, 2.05) is 19.9 Å². The van der Waals surface area contributed by atoms with Gasteiger partial charge in [-0.25, -0.2) is 9.78 Å². The number of rotatable bonds is 7. The van der Waals surface area contributed by atoms with E-state index in [4.69, 9.17) is 15.0 Å². The third-order valence-corrected chi connectivity index (χ3v) is 7.04. The molecule has 0 aromatic carbocycles. The number of ether oxygens (including phenoxy) is 1. The number of aromatic nitrogens is 2. The first-order valence-electron chi connectivity index (χ1n) is 12.5. The van der Waals surface area contributed by atoms with E-state index in [-0.39, 0.29) is 29.3 Å². The lowest BCUT2D eigenvalue weighted by Crippen LogP contribution is -2.52. The first kappa shape index (κ1) is 28.1. The van der Waals surface area contributed by atoms with E-state index >= 15 is 0 Å². The Morgan fingerprint density at radius 3 is 2.57 bits per heavy atom. The van der Waals surface area contributed by atoms with E-state index in [0.29, 0.717) is 23.5 Å². The van der Waals surface area contributed by atoms with Gasteiger partial charge in [-0.15, -0.1) is 0 Å². The average Bonchev–Trinajstić information content (AvgIpc) is 3.28. The molecule has 9 nitrogen and oxygen atoms in total. The molecule has 1 aliphatic heterocycles. The molecular formula is C28H37N5O4. The predicted octanol–water partition coefficient (Wildman–Crippen LogP) is 5.05. The van der Waals surface area contributed by atoms with Gasteiger partial charge < -0.3 is 20.1 Å². The summed E-state index contributed by atoms with van der Waals surface area (Å²) < 4.78 is 5.95. The average molecular weight is 508 g/mol. The number of carbonyl (C=O) groups is 2. The van der Waals surface area contributed by atoms with Gasteiger partial charge in [-0.3, -0.25) is 9.79 Å². The van der Waals surface area contributed by atoms with E-state index in [1.165, 1.54) is 6.20 Å². The summed E-state index contributed by atoms with van der Waals surface area (Å²) in [7, 11) is 0. The van der Waals surface area contributed by atoms with Gasteiger partial charge in [-0.2, -0.15) is 5.26 Å². The van der Waals surface area contributed by atoms with Gasteiger partial charge in [0, 0.05) is 23.5 Å². The third kappa shape index (κ3) is 6.63. The number of H-pyrrole nitrogens is 1. The van der Waals surface area contributed by atoms with Crippen molar-refractivity contribution < 1.29 is 19.4 Å². The maximum Gasteiger partial charge on any atom is 0.335 e. The van der Waals surface area contributed by atoms with Crippen molar-refractivity contribution in [3.05, 3.63) is 53.4 Å². The highest BCUT2D eigenvalue weighted by Crippen LogP contribution is 2.41. The maximum atomic E-state index is 12.9. The molecule has 0 spiro atoms. The molecular weight excluding hydrogens is 470 g/mol. The van der Waals surface area contributed by atoms with Crippen molar-refractivity contribution in [2.75, 3.05) is 0 Å². The van der Waals surface area contributed by atoms with Gasteiger partial charge in [0.05, 0.1) is 11.3 Å². The number of allylic oxidation sites excluding steroid dienone is 4. The Balaban J connectivity index is 2.04. The number of imidazole rings is 1. The number of aliphatic carboxylic acids is 1. The summed E-state index contributed by atoms with van der Waals surface area (Å²) in [4.78, 5) is 36.6. The van der Waals surface area contributed by atoms with Crippen LogP contribution in [-0.2, 0) is 9.53 Å².